The zero-order valence-corrected chi connectivity index (χ0v) is 16.2. The lowest BCUT2D eigenvalue weighted by molar-refractivity contribution is -0.137. The van der Waals surface area contributed by atoms with Crippen molar-refractivity contribution in [3.8, 4) is 16.9 Å². The van der Waals surface area contributed by atoms with Crippen LogP contribution in [0, 0.1) is 0 Å². The molecule has 0 spiro atoms. The van der Waals surface area contributed by atoms with E-state index in [4.69, 9.17) is 11.6 Å². The van der Waals surface area contributed by atoms with E-state index in [1.807, 2.05) is 18.2 Å². The van der Waals surface area contributed by atoms with Gasteiger partial charge in [-0.15, -0.1) is 0 Å². The maximum atomic E-state index is 12.7. The first-order valence-electron chi connectivity index (χ1n) is 8.75. The molecule has 0 bridgehead atoms. The maximum absolute atomic E-state index is 12.7. The predicted octanol–water partition coefficient (Wildman–Crippen LogP) is 3.60. The lowest BCUT2D eigenvalue weighted by Crippen LogP contribution is -2.40. The van der Waals surface area contributed by atoms with Gasteiger partial charge in [0.15, 0.2) is 0 Å². The van der Waals surface area contributed by atoms with Crippen LogP contribution in [-0.4, -0.2) is 40.9 Å². The zero-order valence-electron chi connectivity index (χ0n) is 15.4. The van der Waals surface area contributed by atoms with Gasteiger partial charge in [-0.3, -0.25) is 9.59 Å². The summed E-state index contributed by atoms with van der Waals surface area (Å²) in [6, 6.07) is 15.7. The van der Waals surface area contributed by atoms with Crippen LogP contribution < -0.4 is 10.6 Å². The minimum Gasteiger partial charge on any atom is -0.345 e. The Morgan fingerprint density at radius 1 is 1.00 bits per heavy atom. The smallest absolute Gasteiger partial charge is 0.345 e. The molecule has 0 radical (unpaired) electrons. The van der Waals surface area contributed by atoms with Gasteiger partial charge in [-0.1, -0.05) is 41.9 Å². The van der Waals surface area contributed by atoms with E-state index < -0.39 is 31.1 Å². The fourth-order valence-corrected chi connectivity index (χ4v) is 2.72. The van der Waals surface area contributed by atoms with Crippen molar-refractivity contribution < 1.29 is 22.8 Å². The molecule has 2 amide bonds. The van der Waals surface area contributed by atoms with Crippen LogP contribution in [0.5, 0.6) is 0 Å². The number of hydrogen-bond donors (Lipinski definition) is 2. The summed E-state index contributed by atoms with van der Waals surface area (Å²) >= 11 is 5.92. The number of nitrogens with one attached hydrogen (secondary N) is 2. The second kappa shape index (κ2) is 9.00. The second-order valence-corrected chi connectivity index (χ2v) is 6.69. The van der Waals surface area contributed by atoms with E-state index in [0.29, 0.717) is 22.0 Å². The number of carbonyl (C=O) groups excluding carboxylic acids is 2. The van der Waals surface area contributed by atoms with E-state index in [1.165, 1.54) is 10.9 Å². The second-order valence-electron chi connectivity index (χ2n) is 6.25. The highest BCUT2D eigenvalue weighted by molar-refractivity contribution is 6.30. The average molecular weight is 437 g/mol. The van der Waals surface area contributed by atoms with Gasteiger partial charge in [0.1, 0.15) is 12.2 Å². The number of aromatic nitrogens is 2. The molecule has 0 fully saturated rings. The molecule has 0 saturated carbocycles. The Hall–Kier alpha value is -3.33. The van der Waals surface area contributed by atoms with Crippen LogP contribution in [0.25, 0.3) is 16.9 Å². The zero-order chi connectivity index (χ0) is 21.7. The number of halogens is 4. The Labute approximate surface area is 174 Å². The molecule has 3 aromatic rings. The van der Waals surface area contributed by atoms with Gasteiger partial charge in [0, 0.05) is 16.8 Å². The Bertz CT molecular complexity index is 1030. The van der Waals surface area contributed by atoms with Crippen LogP contribution in [0.15, 0.2) is 60.8 Å². The monoisotopic (exact) mass is 436 g/mol. The van der Waals surface area contributed by atoms with Crippen LogP contribution in [0.1, 0.15) is 10.4 Å². The van der Waals surface area contributed by atoms with Crippen molar-refractivity contribution in [2.75, 3.05) is 13.1 Å². The number of nitrogens with zero attached hydrogens (tertiary/aromatic N) is 2. The van der Waals surface area contributed by atoms with Gasteiger partial charge < -0.3 is 10.6 Å². The minimum atomic E-state index is -4.53. The number of para-hydroxylation sites is 1. The Morgan fingerprint density at radius 2 is 1.67 bits per heavy atom. The van der Waals surface area contributed by atoms with E-state index in [-0.39, 0.29) is 5.56 Å². The van der Waals surface area contributed by atoms with Crippen LogP contribution in [0.4, 0.5) is 13.2 Å². The topological polar surface area (TPSA) is 76.0 Å². The lowest BCUT2D eigenvalue weighted by atomic mass is 10.1. The summed E-state index contributed by atoms with van der Waals surface area (Å²) in [4.78, 5) is 24.2. The molecular weight excluding hydrogens is 421 g/mol. The number of benzene rings is 2. The summed E-state index contributed by atoms with van der Waals surface area (Å²) < 4.78 is 38.1. The van der Waals surface area contributed by atoms with Crippen molar-refractivity contribution >= 4 is 23.4 Å². The van der Waals surface area contributed by atoms with E-state index in [2.05, 4.69) is 10.4 Å². The molecule has 156 valence electrons. The standard InChI is InChI=1S/C20H16ClF3N4O2/c21-14-8-6-13(7-9-14)18-16(11-28(27-18)15-4-2-1-3-5-15)19(30)25-10-17(29)26-12-20(22,23)24/h1-9,11H,10,12H2,(H,25,30)(H,26,29). The molecule has 30 heavy (non-hydrogen) atoms. The summed E-state index contributed by atoms with van der Waals surface area (Å²) in [6.45, 7) is -2.07. The third-order valence-corrected chi connectivity index (χ3v) is 4.24. The largest absolute Gasteiger partial charge is 0.405 e. The van der Waals surface area contributed by atoms with Crippen molar-refractivity contribution in [3.05, 3.63) is 71.4 Å². The molecule has 2 aromatic carbocycles. The quantitative estimate of drug-likeness (QED) is 0.620. The van der Waals surface area contributed by atoms with Crippen LogP contribution >= 0.6 is 11.6 Å². The van der Waals surface area contributed by atoms with Crippen molar-refractivity contribution in [2.45, 2.75) is 6.18 Å². The Morgan fingerprint density at radius 3 is 2.30 bits per heavy atom. The van der Waals surface area contributed by atoms with Gasteiger partial charge in [0.05, 0.1) is 17.8 Å². The summed E-state index contributed by atoms with van der Waals surface area (Å²) in [6.07, 6.45) is -3.04. The van der Waals surface area contributed by atoms with E-state index >= 15 is 0 Å². The molecule has 3 rings (SSSR count). The molecule has 0 atom stereocenters. The maximum Gasteiger partial charge on any atom is 0.405 e. The first kappa shape index (κ1) is 21.4. The first-order chi connectivity index (χ1) is 14.2. The normalized spacial score (nSPS) is 11.2. The molecule has 0 aliphatic rings. The Kier molecular flexibility index (Phi) is 6.41. The summed E-state index contributed by atoms with van der Waals surface area (Å²) in [5.41, 5.74) is 1.81. The van der Waals surface area contributed by atoms with Gasteiger partial charge in [0.25, 0.3) is 5.91 Å². The van der Waals surface area contributed by atoms with Gasteiger partial charge >= 0.3 is 6.18 Å². The van der Waals surface area contributed by atoms with Gasteiger partial charge in [0.2, 0.25) is 5.91 Å². The van der Waals surface area contributed by atoms with Crippen molar-refractivity contribution in [3.63, 3.8) is 0 Å². The molecular formula is C20H16ClF3N4O2. The van der Waals surface area contributed by atoms with Gasteiger partial charge in [-0.25, -0.2) is 4.68 Å². The molecule has 2 N–H and O–H groups in total. The van der Waals surface area contributed by atoms with E-state index in [9.17, 15) is 22.8 Å². The van der Waals surface area contributed by atoms with Gasteiger partial charge in [-0.05, 0) is 24.3 Å². The third-order valence-electron chi connectivity index (χ3n) is 3.99. The van der Waals surface area contributed by atoms with Crippen LogP contribution in [0.3, 0.4) is 0 Å². The summed E-state index contributed by atoms with van der Waals surface area (Å²) in [7, 11) is 0. The number of alkyl halides is 3. The molecule has 1 aromatic heterocycles. The highest BCUT2D eigenvalue weighted by Gasteiger charge is 2.27. The lowest BCUT2D eigenvalue weighted by Gasteiger charge is -2.09. The molecule has 0 unspecified atom stereocenters. The van der Waals surface area contributed by atoms with Crippen molar-refractivity contribution in [1.82, 2.24) is 20.4 Å². The number of rotatable bonds is 6. The number of hydrogen-bond acceptors (Lipinski definition) is 3. The molecule has 1 heterocycles. The van der Waals surface area contributed by atoms with Crippen molar-refractivity contribution in [1.29, 1.82) is 0 Å². The molecule has 0 saturated heterocycles. The predicted molar refractivity (Wildman–Crippen MR) is 105 cm³/mol. The third kappa shape index (κ3) is 5.60. The van der Waals surface area contributed by atoms with Crippen molar-refractivity contribution in [2.24, 2.45) is 0 Å². The van der Waals surface area contributed by atoms with Gasteiger partial charge in [-0.2, -0.15) is 18.3 Å². The highest BCUT2D eigenvalue weighted by atomic mass is 35.5. The molecule has 0 aliphatic carbocycles. The highest BCUT2D eigenvalue weighted by Crippen LogP contribution is 2.25. The van der Waals surface area contributed by atoms with E-state index in [0.717, 1.165) is 0 Å². The Balaban J connectivity index is 1.83. The fourth-order valence-electron chi connectivity index (χ4n) is 2.59. The number of amides is 2. The molecule has 10 heteroatoms. The minimum absolute atomic E-state index is 0.157. The fraction of sp³-hybridized carbons (Fsp3) is 0.150. The SMILES string of the molecule is O=C(CNC(=O)c1cn(-c2ccccc2)nc1-c1ccc(Cl)cc1)NCC(F)(F)F. The van der Waals surface area contributed by atoms with Crippen LogP contribution in [0.2, 0.25) is 5.02 Å². The number of carbonyl (C=O) groups is 2. The average Bonchev–Trinajstić information content (AvgIpc) is 3.17. The molecule has 6 nitrogen and oxygen atoms in total. The summed E-state index contributed by atoms with van der Waals surface area (Å²) in [5, 5.41) is 8.99. The molecule has 0 aliphatic heterocycles. The summed E-state index contributed by atoms with van der Waals surface area (Å²) in [5.74, 6) is -1.60. The van der Waals surface area contributed by atoms with E-state index in [1.54, 1.807) is 41.7 Å². The first-order valence-corrected chi connectivity index (χ1v) is 9.13. The van der Waals surface area contributed by atoms with Crippen LogP contribution in [-0.2, 0) is 4.79 Å².